The summed E-state index contributed by atoms with van der Waals surface area (Å²) in [7, 11) is 0. The fraction of sp³-hybridized carbons (Fsp3) is 0.467. The summed E-state index contributed by atoms with van der Waals surface area (Å²) in [6.07, 6.45) is 2.76. The Bertz CT molecular complexity index is 2400. The molecular weight excluding hydrogens is 730 g/mol. The maximum absolute atomic E-state index is 13.5. The minimum Gasteiger partial charge on any atom is -0.360 e. The van der Waals surface area contributed by atoms with E-state index in [1.54, 1.807) is 0 Å². The van der Waals surface area contributed by atoms with Crippen LogP contribution in [-0.4, -0.2) is 30.4 Å². The molecule has 3 aliphatic rings. The maximum Gasteiger partial charge on any atom is 0.417 e. The van der Waals surface area contributed by atoms with E-state index >= 15 is 0 Å². The molecule has 57 heavy (non-hydrogen) atoms. The van der Waals surface area contributed by atoms with Crippen molar-refractivity contribution in [3.63, 3.8) is 0 Å². The van der Waals surface area contributed by atoms with Crippen LogP contribution in [0.15, 0.2) is 62.2 Å². The molecule has 0 saturated heterocycles. The number of hydrogen-bond donors (Lipinski definition) is 0. The lowest BCUT2D eigenvalue weighted by atomic mass is 9.92. The molecule has 9 rings (SSSR count). The average molecular weight is 777 g/mol. The van der Waals surface area contributed by atoms with Crippen molar-refractivity contribution in [3.05, 3.63) is 106 Å². The van der Waals surface area contributed by atoms with Gasteiger partial charge in [0.25, 0.3) is 0 Å². The molecule has 0 spiro atoms. The Morgan fingerprint density at radius 3 is 1.89 bits per heavy atom. The van der Waals surface area contributed by atoms with Gasteiger partial charge in [0.1, 0.15) is 17.3 Å². The van der Waals surface area contributed by atoms with Gasteiger partial charge in [0, 0.05) is 41.3 Å². The van der Waals surface area contributed by atoms with E-state index in [-0.39, 0.29) is 29.6 Å². The minimum atomic E-state index is -4.48. The summed E-state index contributed by atoms with van der Waals surface area (Å²) >= 11 is 0. The summed E-state index contributed by atoms with van der Waals surface area (Å²) in [6, 6.07) is 13.0. The Balaban J connectivity index is 1.06. The maximum atomic E-state index is 13.5. The Morgan fingerprint density at radius 1 is 0.702 bits per heavy atom. The Hall–Kier alpha value is -5.13. The first-order valence-corrected chi connectivity index (χ1v) is 20.3. The van der Waals surface area contributed by atoms with Crippen LogP contribution in [0.4, 0.5) is 13.2 Å². The second kappa shape index (κ2) is 14.4. The first-order chi connectivity index (χ1) is 27.3. The zero-order valence-corrected chi connectivity index (χ0v) is 33.2. The fourth-order valence-electron chi connectivity index (χ4n) is 8.25. The highest BCUT2D eigenvalue weighted by atomic mass is 19.4. The number of pyridine rings is 3. The molecular formula is C45H47F3N6O3. The molecule has 0 bridgehead atoms. The van der Waals surface area contributed by atoms with Crippen molar-refractivity contribution in [1.82, 2.24) is 30.4 Å². The molecule has 6 aromatic heterocycles. The molecule has 3 aliphatic carbocycles. The number of aromatic nitrogens is 6. The molecule has 3 fully saturated rings. The van der Waals surface area contributed by atoms with Gasteiger partial charge in [-0.25, -0.2) is 0 Å². The summed E-state index contributed by atoms with van der Waals surface area (Å²) in [6.45, 7) is 12.6. The third-order valence-electron chi connectivity index (χ3n) is 11.6. The molecule has 0 aliphatic heterocycles. The van der Waals surface area contributed by atoms with Crippen LogP contribution in [0.2, 0.25) is 0 Å². The number of hydrogen-bond acceptors (Lipinski definition) is 9. The SMILES string of the molecule is Cc1cccc(-c2c(C(C)C)noc2C2CC2Cc2cc(CC(C)c3noc(C4CC4)c3-c3ccc(C(F)(F)F)cn3)nc(-c3c(C(C)C)noc3C3CC3)c2)n1. The van der Waals surface area contributed by atoms with E-state index in [0.717, 1.165) is 113 Å². The predicted molar refractivity (Wildman–Crippen MR) is 208 cm³/mol. The average Bonchev–Trinajstić information content (AvgIpc) is 4.15. The second-order valence-electron chi connectivity index (χ2n) is 17.1. The topological polar surface area (TPSA) is 117 Å². The van der Waals surface area contributed by atoms with Gasteiger partial charge in [0.15, 0.2) is 0 Å². The van der Waals surface area contributed by atoms with Crippen LogP contribution in [0.5, 0.6) is 0 Å². The molecule has 3 atom stereocenters. The molecule has 3 unspecified atom stereocenters. The van der Waals surface area contributed by atoms with Crippen molar-refractivity contribution >= 4 is 0 Å². The van der Waals surface area contributed by atoms with E-state index in [2.05, 4.69) is 67.2 Å². The number of aryl methyl sites for hydroxylation is 1. The van der Waals surface area contributed by atoms with Gasteiger partial charge in [0.2, 0.25) is 0 Å². The molecule has 6 heterocycles. The van der Waals surface area contributed by atoms with Crippen LogP contribution in [0.3, 0.4) is 0 Å². The highest BCUT2D eigenvalue weighted by Crippen LogP contribution is 2.54. The van der Waals surface area contributed by atoms with Crippen LogP contribution < -0.4 is 0 Å². The molecule has 0 N–H and O–H groups in total. The Labute approximate surface area is 329 Å². The zero-order valence-electron chi connectivity index (χ0n) is 33.2. The summed E-state index contributed by atoms with van der Waals surface area (Å²) in [4.78, 5) is 14.4. The summed E-state index contributed by atoms with van der Waals surface area (Å²) < 4.78 is 58.5. The van der Waals surface area contributed by atoms with E-state index in [0.29, 0.717) is 41.0 Å². The number of alkyl halides is 3. The van der Waals surface area contributed by atoms with Crippen molar-refractivity contribution in [2.75, 3.05) is 0 Å². The third kappa shape index (κ3) is 7.43. The van der Waals surface area contributed by atoms with Gasteiger partial charge in [0.05, 0.1) is 56.4 Å². The van der Waals surface area contributed by atoms with Gasteiger partial charge in [-0.3, -0.25) is 15.0 Å². The molecule has 6 aromatic rings. The largest absolute Gasteiger partial charge is 0.417 e. The van der Waals surface area contributed by atoms with Gasteiger partial charge in [-0.15, -0.1) is 0 Å². The van der Waals surface area contributed by atoms with Gasteiger partial charge in [-0.2, -0.15) is 13.2 Å². The standard InChI is InChI=1S/C45H47F3N6O3/c1-22(2)39-37(34-9-7-8-25(6)50-34)44(57-53-39)32-20-29(32)17-26-18-31(51-35(19-26)38-40(23(3)4)52-55-43(38)28-12-13-28)16-24(5)41-36(42(56-54-41)27-10-11-27)33-15-14-30(21-49-33)45(46,47)48/h7-9,14-15,18-19,21-24,27-29,32H,10-13,16-17,20H2,1-6H3. The van der Waals surface area contributed by atoms with E-state index in [1.165, 1.54) is 6.07 Å². The Morgan fingerprint density at radius 2 is 1.32 bits per heavy atom. The van der Waals surface area contributed by atoms with Crippen molar-refractivity contribution in [1.29, 1.82) is 0 Å². The zero-order chi connectivity index (χ0) is 39.7. The minimum absolute atomic E-state index is 0.141. The molecule has 9 nitrogen and oxygen atoms in total. The van der Waals surface area contributed by atoms with Gasteiger partial charge in [-0.1, -0.05) is 56.2 Å². The lowest BCUT2D eigenvalue weighted by molar-refractivity contribution is -0.137. The lowest BCUT2D eigenvalue weighted by Crippen LogP contribution is -2.07. The van der Waals surface area contributed by atoms with Crippen LogP contribution in [0.1, 0.15) is 159 Å². The highest BCUT2D eigenvalue weighted by molar-refractivity contribution is 5.69. The van der Waals surface area contributed by atoms with Crippen molar-refractivity contribution < 1.29 is 26.7 Å². The number of halogens is 3. The molecule has 0 radical (unpaired) electrons. The normalized spacial score (nSPS) is 18.9. The van der Waals surface area contributed by atoms with Crippen LogP contribution in [0.25, 0.3) is 33.8 Å². The van der Waals surface area contributed by atoms with E-state index in [4.69, 9.17) is 23.5 Å². The first-order valence-electron chi connectivity index (χ1n) is 20.3. The van der Waals surface area contributed by atoms with Crippen molar-refractivity contribution in [3.8, 4) is 33.8 Å². The summed E-state index contributed by atoms with van der Waals surface area (Å²) in [5.74, 6) is 3.73. The summed E-state index contributed by atoms with van der Waals surface area (Å²) in [5.41, 5.74) is 9.61. The van der Waals surface area contributed by atoms with Crippen molar-refractivity contribution in [2.45, 2.75) is 128 Å². The Kier molecular flexibility index (Phi) is 9.43. The second-order valence-corrected chi connectivity index (χ2v) is 17.1. The molecule has 12 heteroatoms. The number of nitrogens with zero attached hydrogens (tertiary/aromatic N) is 6. The van der Waals surface area contributed by atoms with E-state index in [9.17, 15) is 13.2 Å². The molecule has 296 valence electrons. The fourth-order valence-corrected chi connectivity index (χ4v) is 8.25. The van der Waals surface area contributed by atoms with E-state index < -0.39 is 11.7 Å². The molecule has 0 amide bonds. The first kappa shape index (κ1) is 37.4. The van der Waals surface area contributed by atoms with Gasteiger partial charge < -0.3 is 13.6 Å². The van der Waals surface area contributed by atoms with Gasteiger partial charge >= 0.3 is 6.18 Å². The van der Waals surface area contributed by atoms with Crippen LogP contribution in [-0.2, 0) is 19.0 Å². The monoisotopic (exact) mass is 776 g/mol. The molecule has 0 aromatic carbocycles. The number of rotatable bonds is 13. The smallest absolute Gasteiger partial charge is 0.360 e. The van der Waals surface area contributed by atoms with Gasteiger partial charge in [-0.05, 0) is 112 Å². The highest BCUT2D eigenvalue weighted by Gasteiger charge is 2.44. The van der Waals surface area contributed by atoms with E-state index in [1.807, 2.05) is 25.1 Å². The van der Waals surface area contributed by atoms with Crippen molar-refractivity contribution in [2.24, 2.45) is 5.92 Å². The van der Waals surface area contributed by atoms with Crippen LogP contribution >= 0.6 is 0 Å². The van der Waals surface area contributed by atoms with Crippen LogP contribution in [0, 0.1) is 12.8 Å². The quantitative estimate of drug-likeness (QED) is 0.113. The summed E-state index contributed by atoms with van der Waals surface area (Å²) in [5, 5.41) is 13.7. The third-order valence-corrected chi connectivity index (χ3v) is 11.6. The predicted octanol–water partition coefficient (Wildman–Crippen LogP) is 11.9. The molecule has 3 saturated carbocycles. The lowest BCUT2D eigenvalue weighted by Gasteiger charge is -2.15.